The van der Waals surface area contributed by atoms with Gasteiger partial charge >= 0.3 is 0 Å². The molecule has 1 aliphatic heterocycles. The van der Waals surface area contributed by atoms with Crippen molar-refractivity contribution in [3.05, 3.63) is 53.6 Å². The summed E-state index contributed by atoms with van der Waals surface area (Å²) in [5.41, 5.74) is 1.68. The zero-order chi connectivity index (χ0) is 15.7. The third-order valence-electron chi connectivity index (χ3n) is 3.60. The van der Waals surface area contributed by atoms with Crippen molar-refractivity contribution in [3.8, 4) is 5.75 Å². The molecule has 1 aliphatic rings. The van der Waals surface area contributed by atoms with Crippen molar-refractivity contribution in [1.29, 1.82) is 0 Å². The number of hydrogen-bond acceptors (Lipinski definition) is 4. The van der Waals surface area contributed by atoms with E-state index < -0.39 is 9.84 Å². The second-order valence-electron chi connectivity index (χ2n) is 5.49. The highest BCUT2D eigenvalue weighted by molar-refractivity contribution is 7.91. The van der Waals surface area contributed by atoms with E-state index in [9.17, 15) is 8.42 Å². The van der Waals surface area contributed by atoms with Gasteiger partial charge in [0.15, 0.2) is 0 Å². The monoisotopic (exact) mass is 318 g/mol. The fourth-order valence-corrected chi connectivity index (χ4v) is 3.89. The van der Waals surface area contributed by atoms with E-state index in [-0.39, 0.29) is 11.0 Å². The first-order chi connectivity index (χ1) is 10.5. The van der Waals surface area contributed by atoms with Crippen LogP contribution < -0.4 is 4.74 Å². The predicted molar refractivity (Wildman–Crippen MR) is 83.0 cm³/mol. The molecule has 22 heavy (non-hydrogen) atoms. The van der Waals surface area contributed by atoms with Crippen LogP contribution in [-0.2, 0) is 14.6 Å². The Morgan fingerprint density at radius 2 is 1.86 bits per heavy atom. The Morgan fingerprint density at radius 1 is 1.14 bits per heavy atom. The first-order valence-corrected chi connectivity index (χ1v) is 8.62. The number of epoxide rings is 1. The average Bonchev–Trinajstić information content (AvgIpc) is 3.29. The molecule has 0 saturated carbocycles. The van der Waals surface area contributed by atoms with Crippen LogP contribution in [0.5, 0.6) is 5.75 Å². The van der Waals surface area contributed by atoms with Crippen molar-refractivity contribution in [2.45, 2.75) is 29.7 Å². The molecule has 0 bridgehead atoms. The van der Waals surface area contributed by atoms with Gasteiger partial charge in [0.25, 0.3) is 0 Å². The molecule has 1 atom stereocenters. The summed E-state index contributed by atoms with van der Waals surface area (Å²) in [6.45, 7) is 4.75. The van der Waals surface area contributed by atoms with Crippen molar-refractivity contribution in [1.82, 2.24) is 0 Å². The van der Waals surface area contributed by atoms with Gasteiger partial charge in [-0.2, -0.15) is 0 Å². The zero-order valence-corrected chi connectivity index (χ0v) is 13.4. The Morgan fingerprint density at radius 3 is 2.55 bits per heavy atom. The van der Waals surface area contributed by atoms with Crippen LogP contribution in [0.3, 0.4) is 0 Å². The molecule has 0 aliphatic carbocycles. The number of sulfone groups is 1. The lowest BCUT2D eigenvalue weighted by Crippen LogP contribution is -2.10. The molecule has 0 aromatic heterocycles. The number of ether oxygens (including phenoxy) is 2. The molecule has 116 valence electrons. The molecule has 4 nitrogen and oxygen atoms in total. The van der Waals surface area contributed by atoms with E-state index in [0.717, 1.165) is 11.1 Å². The van der Waals surface area contributed by atoms with Crippen LogP contribution in [0.4, 0.5) is 0 Å². The van der Waals surface area contributed by atoms with E-state index in [0.29, 0.717) is 23.9 Å². The summed E-state index contributed by atoms with van der Waals surface area (Å²) in [5.74, 6) is 0.388. The second-order valence-corrected chi connectivity index (χ2v) is 7.37. The molecular formula is C17H18O4S. The molecule has 5 heteroatoms. The number of aryl methyl sites for hydroxylation is 2. The first kappa shape index (κ1) is 15.1. The summed E-state index contributed by atoms with van der Waals surface area (Å²) < 4.78 is 36.7. The van der Waals surface area contributed by atoms with Gasteiger partial charge < -0.3 is 9.47 Å². The topological polar surface area (TPSA) is 55.9 Å². The highest BCUT2D eigenvalue weighted by Gasteiger charge is 2.27. The van der Waals surface area contributed by atoms with Gasteiger partial charge in [-0.3, -0.25) is 0 Å². The quantitative estimate of drug-likeness (QED) is 0.795. The van der Waals surface area contributed by atoms with E-state index in [4.69, 9.17) is 9.47 Å². The third kappa shape index (κ3) is 3.00. The summed E-state index contributed by atoms with van der Waals surface area (Å²) in [5, 5.41) is 0. The molecule has 1 heterocycles. The van der Waals surface area contributed by atoms with Crippen LogP contribution in [0.25, 0.3) is 0 Å². The largest absolute Gasteiger partial charge is 0.489 e. The summed E-state index contributed by atoms with van der Waals surface area (Å²) >= 11 is 0. The Balaban J connectivity index is 2.04. The predicted octanol–water partition coefficient (Wildman–Crippen LogP) is 2.91. The average molecular weight is 318 g/mol. The molecule has 0 radical (unpaired) electrons. The van der Waals surface area contributed by atoms with E-state index >= 15 is 0 Å². The summed E-state index contributed by atoms with van der Waals surface area (Å²) in [6, 6.07) is 12.1. The molecule has 2 aromatic carbocycles. The molecule has 0 N–H and O–H groups in total. The van der Waals surface area contributed by atoms with Gasteiger partial charge in [-0.05, 0) is 43.2 Å². The minimum atomic E-state index is -3.61. The van der Waals surface area contributed by atoms with Crippen LogP contribution in [-0.4, -0.2) is 27.7 Å². The lowest BCUT2D eigenvalue weighted by atomic mass is 10.2. The van der Waals surface area contributed by atoms with Crippen LogP contribution >= 0.6 is 0 Å². The van der Waals surface area contributed by atoms with Crippen molar-refractivity contribution < 1.29 is 17.9 Å². The zero-order valence-electron chi connectivity index (χ0n) is 12.6. The fourth-order valence-electron chi connectivity index (χ4n) is 2.27. The van der Waals surface area contributed by atoms with Gasteiger partial charge in [0.05, 0.1) is 11.5 Å². The summed E-state index contributed by atoms with van der Waals surface area (Å²) in [7, 11) is -3.61. The Kier molecular flexibility index (Phi) is 3.93. The van der Waals surface area contributed by atoms with Gasteiger partial charge in [0, 0.05) is 0 Å². The van der Waals surface area contributed by atoms with Crippen LogP contribution in [0.15, 0.2) is 52.3 Å². The Hall–Kier alpha value is -1.85. The maximum absolute atomic E-state index is 12.9. The summed E-state index contributed by atoms with van der Waals surface area (Å²) in [6.07, 6.45) is 0.0783. The highest BCUT2D eigenvalue weighted by Crippen LogP contribution is 2.32. The number of rotatable bonds is 5. The molecule has 3 rings (SSSR count). The first-order valence-electron chi connectivity index (χ1n) is 7.14. The molecule has 2 aromatic rings. The van der Waals surface area contributed by atoms with Crippen LogP contribution in [0.1, 0.15) is 11.1 Å². The molecular weight excluding hydrogens is 300 g/mol. The van der Waals surface area contributed by atoms with E-state index in [1.807, 2.05) is 13.0 Å². The van der Waals surface area contributed by atoms with Crippen molar-refractivity contribution in [2.75, 3.05) is 13.2 Å². The normalized spacial score (nSPS) is 17.3. The molecule has 0 spiro atoms. The Labute approximate surface area is 130 Å². The van der Waals surface area contributed by atoms with E-state index in [1.54, 1.807) is 43.3 Å². The lowest BCUT2D eigenvalue weighted by Gasteiger charge is -2.13. The van der Waals surface area contributed by atoms with Gasteiger partial charge in [-0.15, -0.1) is 0 Å². The minimum absolute atomic E-state index is 0.0783. The fraction of sp³-hybridized carbons (Fsp3) is 0.294. The summed E-state index contributed by atoms with van der Waals surface area (Å²) in [4.78, 5) is 0.513. The molecule has 0 amide bonds. The number of benzene rings is 2. The molecule has 1 fully saturated rings. The minimum Gasteiger partial charge on any atom is -0.489 e. The Bertz CT molecular complexity index is 792. The maximum Gasteiger partial charge on any atom is 0.210 e. The van der Waals surface area contributed by atoms with E-state index in [2.05, 4.69) is 0 Å². The molecule has 1 unspecified atom stereocenters. The van der Waals surface area contributed by atoms with Crippen LogP contribution in [0.2, 0.25) is 0 Å². The van der Waals surface area contributed by atoms with Gasteiger partial charge in [-0.1, -0.05) is 24.3 Å². The lowest BCUT2D eigenvalue weighted by molar-refractivity contribution is 0.258. The van der Waals surface area contributed by atoms with E-state index in [1.165, 1.54) is 0 Å². The van der Waals surface area contributed by atoms with Gasteiger partial charge in [0.2, 0.25) is 9.84 Å². The standard InChI is InChI=1S/C17H18O4S/c1-12-7-8-17(15(9-12)21-11-14-10-20-14)22(18,19)16-6-4-3-5-13(16)2/h3-9,14H,10-11H2,1-2H3. The van der Waals surface area contributed by atoms with Crippen molar-refractivity contribution in [3.63, 3.8) is 0 Å². The van der Waals surface area contributed by atoms with Crippen molar-refractivity contribution >= 4 is 9.84 Å². The van der Waals surface area contributed by atoms with Gasteiger partial charge in [0.1, 0.15) is 23.4 Å². The SMILES string of the molecule is Cc1ccc(S(=O)(=O)c2ccccc2C)c(OCC2CO2)c1. The smallest absolute Gasteiger partial charge is 0.210 e. The van der Waals surface area contributed by atoms with Crippen molar-refractivity contribution in [2.24, 2.45) is 0 Å². The maximum atomic E-state index is 12.9. The van der Waals surface area contributed by atoms with Crippen LogP contribution in [0, 0.1) is 13.8 Å². The number of hydrogen-bond donors (Lipinski definition) is 0. The molecule has 1 saturated heterocycles. The second kappa shape index (κ2) is 5.74. The highest BCUT2D eigenvalue weighted by atomic mass is 32.2. The third-order valence-corrected chi connectivity index (χ3v) is 5.55. The van der Waals surface area contributed by atoms with Gasteiger partial charge in [-0.25, -0.2) is 8.42 Å².